The quantitative estimate of drug-likeness (QED) is 0.332. The summed E-state index contributed by atoms with van der Waals surface area (Å²) < 4.78 is 7.27. The van der Waals surface area contributed by atoms with Crippen molar-refractivity contribution in [3.8, 4) is 5.75 Å². The highest BCUT2D eigenvalue weighted by Gasteiger charge is 2.19. The van der Waals surface area contributed by atoms with Gasteiger partial charge in [0.05, 0.1) is 17.8 Å². The monoisotopic (exact) mass is 491 g/mol. The number of aromatic nitrogens is 1. The number of piperazine rings is 1. The van der Waals surface area contributed by atoms with Crippen molar-refractivity contribution in [2.45, 2.75) is 18.9 Å². The number of hydrogen-bond acceptors (Lipinski definition) is 7. The molecule has 0 spiro atoms. The number of nitrogens with zero attached hydrogens (tertiary/aromatic N) is 3. The fourth-order valence-electron chi connectivity index (χ4n) is 4.58. The molecular formula is C27H29N3O4S. The number of ether oxygens (including phenoxy) is 1. The van der Waals surface area contributed by atoms with E-state index in [-0.39, 0.29) is 5.69 Å². The number of thiophene rings is 1. The Morgan fingerprint density at radius 1 is 1.06 bits per heavy atom. The summed E-state index contributed by atoms with van der Waals surface area (Å²) in [6, 6.07) is 17.7. The Morgan fingerprint density at radius 2 is 1.89 bits per heavy atom. The molecule has 3 heterocycles. The summed E-state index contributed by atoms with van der Waals surface area (Å²) in [6.07, 6.45) is 0.397. The van der Waals surface area contributed by atoms with Crippen LogP contribution in [0.25, 0.3) is 21.0 Å². The van der Waals surface area contributed by atoms with Gasteiger partial charge in [-0.15, -0.1) is 11.3 Å². The van der Waals surface area contributed by atoms with E-state index in [0.717, 1.165) is 51.0 Å². The maximum atomic E-state index is 11.0. The van der Waals surface area contributed by atoms with E-state index in [2.05, 4.69) is 44.4 Å². The molecule has 0 amide bonds. The third-order valence-electron chi connectivity index (χ3n) is 6.52. The Morgan fingerprint density at radius 3 is 2.71 bits per heavy atom. The fraction of sp³-hybridized carbons (Fsp3) is 0.333. The topological polar surface area (TPSA) is 86.1 Å². The van der Waals surface area contributed by atoms with Gasteiger partial charge in [-0.25, -0.2) is 9.78 Å². The number of anilines is 1. The van der Waals surface area contributed by atoms with Crippen LogP contribution in [0.15, 0.2) is 60.0 Å². The zero-order valence-corrected chi connectivity index (χ0v) is 20.3. The minimum atomic E-state index is -1.63. The average molecular weight is 492 g/mol. The Bertz CT molecular complexity index is 1320. The van der Waals surface area contributed by atoms with Crippen LogP contribution >= 0.6 is 11.3 Å². The summed E-state index contributed by atoms with van der Waals surface area (Å²) in [5, 5.41) is 23.1. The number of aliphatic carboxylic acids is 1. The first kappa shape index (κ1) is 23.5. The highest BCUT2D eigenvalue weighted by Crippen LogP contribution is 2.31. The minimum Gasteiger partial charge on any atom is -0.494 e. The maximum Gasteiger partial charge on any atom is 0.338 e. The van der Waals surface area contributed by atoms with Crippen LogP contribution in [0.2, 0.25) is 0 Å². The van der Waals surface area contributed by atoms with Gasteiger partial charge in [0.25, 0.3) is 0 Å². The molecule has 1 atom stereocenters. The molecular weight excluding hydrogens is 462 g/mol. The number of pyridine rings is 1. The number of fused-ring (bicyclic) bond motifs is 2. The van der Waals surface area contributed by atoms with E-state index in [1.165, 1.54) is 21.8 Å². The fourth-order valence-corrected chi connectivity index (χ4v) is 5.38. The lowest BCUT2D eigenvalue weighted by Gasteiger charge is -2.36. The summed E-state index contributed by atoms with van der Waals surface area (Å²) in [4.78, 5) is 20.3. The normalized spacial score (nSPS) is 15.5. The van der Waals surface area contributed by atoms with Crippen molar-refractivity contribution in [3.05, 3.63) is 65.7 Å². The molecule has 0 aliphatic carbocycles. The first-order valence-corrected chi connectivity index (χ1v) is 12.8. The number of carboxylic acid groups (broad SMARTS) is 1. The highest BCUT2D eigenvalue weighted by molar-refractivity contribution is 7.17. The highest BCUT2D eigenvalue weighted by atomic mass is 32.1. The number of unbranched alkanes of at least 4 members (excludes halogenated alkanes) is 1. The summed E-state index contributed by atoms with van der Waals surface area (Å²) in [6.45, 7) is 5.92. The van der Waals surface area contributed by atoms with Crippen LogP contribution in [0.4, 0.5) is 5.69 Å². The third-order valence-corrected chi connectivity index (χ3v) is 7.40. The molecule has 2 N–H and O–H groups in total. The lowest BCUT2D eigenvalue weighted by molar-refractivity contribution is -0.147. The lowest BCUT2D eigenvalue weighted by atomic mass is 10.1. The van der Waals surface area contributed by atoms with Gasteiger partial charge >= 0.3 is 5.97 Å². The summed E-state index contributed by atoms with van der Waals surface area (Å²) in [5.74, 6) is -0.617. The largest absolute Gasteiger partial charge is 0.494 e. The number of carbonyl (C=O) groups is 1. The molecule has 1 fully saturated rings. The molecule has 1 aliphatic heterocycles. The van der Waals surface area contributed by atoms with E-state index in [9.17, 15) is 9.90 Å². The van der Waals surface area contributed by atoms with Crippen molar-refractivity contribution in [2.75, 3.05) is 44.2 Å². The molecule has 2 aromatic carbocycles. The summed E-state index contributed by atoms with van der Waals surface area (Å²) in [5.41, 5.74) is 2.08. The van der Waals surface area contributed by atoms with Gasteiger partial charge in [0, 0.05) is 53.4 Å². The number of rotatable bonds is 9. The van der Waals surface area contributed by atoms with Crippen molar-refractivity contribution in [3.63, 3.8) is 0 Å². The molecule has 35 heavy (non-hydrogen) atoms. The van der Waals surface area contributed by atoms with Crippen molar-refractivity contribution >= 4 is 44.0 Å². The van der Waals surface area contributed by atoms with Crippen LogP contribution < -0.4 is 9.64 Å². The molecule has 1 aliphatic rings. The second-order valence-electron chi connectivity index (χ2n) is 8.83. The zero-order chi connectivity index (χ0) is 24.2. The molecule has 1 saturated heterocycles. The number of hydrogen-bond donors (Lipinski definition) is 2. The van der Waals surface area contributed by atoms with Gasteiger partial charge in [0.1, 0.15) is 5.75 Å². The van der Waals surface area contributed by atoms with Crippen LogP contribution in [0.5, 0.6) is 5.75 Å². The van der Waals surface area contributed by atoms with Crippen LogP contribution in [-0.2, 0) is 4.79 Å². The molecule has 0 bridgehead atoms. The van der Waals surface area contributed by atoms with Gasteiger partial charge in [0.2, 0.25) is 0 Å². The van der Waals surface area contributed by atoms with Gasteiger partial charge in [-0.3, -0.25) is 4.90 Å². The maximum absolute atomic E-state index is 11.0. The zero-order valence-electron chi connectivity index (χ0n) is 19.5. The Kier molecular flexibility index (Phi) is 7.13. The third kappa shape index (κ3) is 5.40. The molecule has 5 rings (SSSR count). The Hall–Kier alpha value is -3.20. The predicted octanol–water partition coefficient (Wildman–Crippen LogP) is 4.55. The molecule has 182 valence electrons. The predicted molar refractivity (Wildman–Crippen MR) is 140 cm³/mol. The summed E-state index contributed by atoms with van der Waals surface area (Å²) >= 11 is 1.80. The van der Waals surface area contributed by atoms with Crippen LogP contribution in [0.1, 0.15) is 24.6 Å². The van der Waals surface area contributed by atoms with Crippen LogP contribution in [0, 0.1) is 0 Å². The smallest absolute Gasteiger partial charge is 0.338 e. The van der Waals surface area contributed by atoms with E-state index in [1.807, 2.05) is 12.1 Å². The SMILES string of the molecule is O=C(O)C(O)c1ccc2ccc(OCCCCN3CCN(c4cccc5sccc45)CC3)cc2n1. The molecule has 4 aromatic rings. The average Bonchev–Trinajstić information content (AvgIpc) is 3.37. The van der Waals surface area contributed by atoms with E-state index in [4.69, 9.17) is 9.84 Å². The van der Waals surface area contributed by atoms with Gasteiger partial charge < -0.3 is 19.8 Å². The number of carboxylic acids is 1. The van der Waals surface area contributed by atoms with Crippen LogP contribution in [-0.4, -0.2) is 65.4 Å². The van der Waals surface area contributed by atoms with Crippen molar-refractivity contribution in [2.24, 2.45) is 0 Å². The Balaban J connectivity index is 1.06. The van der Waals surface area contributed by atoms with Gasteiger partial charge in [-0.2, -0.15) is 0 Å². The van der Waals surface area contributed by atoms with Gasteiger partial charge in [0.15, 0.2) is 6.10 Å². The van der Waals surface area contributed by atoms with Crippen molar-refractivity contribution < 1.29 is 19.7 Å². The van der Waals surface area contributed by atoms with E-state index in [0.29, 0.717) is 17.9 Å². The molecule has 7 nitrogen and oxygen atoms in total. The van der Waals surface area contributed by atoms with Crippen molar-refractivity contribution in [1.82, 2.24) is 9.88 Å². The second kappa shape index (κ2) is 10.6. The summed E-state index contributed by atoms with van der Waals surface area (Å²) in [7, 11) is 0. The second-order valence-corrected chi connectivity index (χ2v) is 9.77. The molecule has 0 radical (unpaired) electrons. The standard InChI is InChI=1S/C27H29N3O4S/c31-26(27(32)33)22-9-7-19-6-8-20(18-23(19)28-22)34-16-2-1-11-29-12-14-30(15-13-29)24-4-3-5-25-21(24)10-17-35-25/h3-10,17-18,26,31H,1-2,11-16H2,(H,32,33). The Labute approximate surface area is 208 Å². The van der Waals surface area contributed by atoms with E-state index >= 15 is 0 Å². The molecule has 0 saturated carbocycles. The first-order valence-electron chi connectivity index (χ1n) is 12.0. The molecule has 1 unspecified atom stereocenters. The van der Waals surface area contributed by atoms with Crippen molar-refractivity contribution in [1.29, 1.82) is 0 Å². The number of aliphatic hydroxyl groups is 1. The van der Waals surface area contributed by atoms with Crippen LogP contribution in [0.3, 0.4) is 0 Å². The molecule has 8 heteroatoms. The first-order chi connectivity index (χ1) is 17.1. The minimum absolute atomic E-state index is 0.120. The lowest BCUT2D eigenvalue weighted by Crippen LogP contribution is -2.46. The van der Waals surface area contributed by atoms with E-state index < -0.39 is 12.1 Å². The number of benzene rings is 2. The van der Waals surface area contributed by atoms with Gasteiger partial charge in [-0.05, 0) is 61.2 Å². The van der Waals surface area contributed by atoms with E-state index in [1.54, 1.807) is 23.5 Å². The molecule has 2 aromatic heterocycles. The van der Waals surface area contributed by atoms with Gasteiger partial charge in [-0.1, -0.05) is 12.1 Å². The number of aliphatic hydroxyl groups excluding tert-OH is 1.